The molecule has 1 unspecified atom stereocenters. The third-order valence-electron chi connectivity index (χ3n) is 3.33. The van der Waals surface area contributed by atoms with Crippen LogP contribution in [0.2, 0.25) is 0 Å². The first kappa shape index (κ1) is 15.2. The molecule has 21 heavy (non-hydrogen) atoms. The third kappa shape index (κ3) is 4.98. The topological polar surface area (TPSA) is 84.9 Å². The number of rotatable bonds is 8. The molecule has 6 nitrogen and oxygen atoms in total. The summed E-state index contributed by atoms with van der Waals surface area (Å²) in [6.45, 7) is -0.208. The van der Waals surface area contributed by atoms with E-state index in [1.54, 1.807) is 31.4 Å². The van der Waals surface area contributed by atoms with Crippen LogP contribution in [0.4, 0.5) is 0 Å². The minimum atomic E-state index is -1.00. The Morgan fingerprint density at radius 2 is 1.90 bits per heavy atom. The number of amides is 1. The fraction of sp³-hybridized carbons (Fsp3) is 0.467. The number of aliphatic carboxylic acids is 1. The Morgan fingerprint density at radius 3 is 2.43 bits per heavy atom. The van der Waals surface area contributed by atoms with E-state index in [0.717, 1.165) is 12.8 Å². The molecule has 0 saturated heterocycles. The van der Waals surface area contributed by atoms with Crippen LogP contribution in [0.5, 0.6) is 11.5 Å². The van der Waals surface area contributed by atoms with Crippen LogP contribution >= 0.6 is 0 Å². The lowest BCUT2D eigenvalue weighted by Gasteiger charge is -2.14. The average Bonchev–Trinajstić information content (AvgIpc) is 3.29. The SMILES string of the molecule is COc1ccc(OCC(=O)NC(CC2CC2)C(=O)O)cc1. The smallest absolute Gasteiger partial charge is 0.326 e. The van der Waals surface area contributed by atoms with Crippen LogP contribution < -0.4 is 14.8 Å². The van der Waals surface area contributed by atoms with Gasteiger partial charge in [-0.05, 0) is 36.6 Å². The zero-order chi connectivity index (χ0) is 15.2. The third-order valence-corrected chi connectivity index (χ3v) is 3.33. The van der Waals surface area contributed by atoms with Gasteiger partial charge in [-0.25, -0.2) is 4.79 Å². The van der Waals surface area contributed by atoms with Crippen molar-refractivity contribution < 1.29 is 24.2 Å². The number of nitrogens with one attached hydrogen (secondary N) is 1. The predicted octanol–water partition coefficient (Wildman–Crippen LogP) is 1.44. The summed E-state index contributed by atoms with van der Waals surface area (Å²) in [5.74, 6) is 0.217. The maximum Gasteiger partial charge on any atom is 0.326 e. The Bertz CT molecular complexity index is 495. The summed E-state index contributed by atoms with van der Waals surface area (Å²) in [4.78, 5) is 22.8. The molecule has 2 rings (SSSR count). The molecule has 1 saturated carbocycles. The lowest BCUT2D eigenvalue weighted by molar-refractivity contribution is -0.142. The molecule has 0 bridgehead atoms. The standard InChI is InChI=1S/C15H19NO5/c1-20-11-4-6-12(7-5-11)21-9-14(17)16-13(15(18)19)8-10-2-3-10/h4-7,10,13H,2-3,8-9H2,1H3,(H,16,17)(H,18,19). The lowest BCUT2D eigenvalue weighted by Crippen LogP contribution is -2.43. The van der Waals surface area contributed by atoms with Gasteiger partial charge in [-0.15, -0.1) is 0 Å². The normalized spacial score (nSPS) is 15.1. The Kier molecular flexibility index (Phi) is 5.03. The van der Waals surface area contributed by atoms with Crippen molar-refractivity contribution in [2.45, 2.75) is 25.3 Å². The van der Waals surface area contributed by atoms with E-state index in [0.29, 0.717) is 23.8 Å². The second kappa shape index (κ2) is 6.97. The molecule has 6 heteroatoms. The second-order valence-electron chi connectivity index (χ2n) is 5.10. The number of methoxy groups -OCH3 is 1. The van der Waals surface area contributed by atoms with Crippen LogP contribution in [-0.4, -0.2) is 36.7 Å². The van der Waals surface area contributed by atoms with Crippen molar-refractivity contribution >= 4 is 11.9 Å². The van der Waals surface area contributed by atoms with Gasteiger partial charge in [-0.1, -0.05) is 12.8 Å². The molecule has 0 aromatic heterocycles. The van der Waals surface area contributed by atoms with E-state index < -0.39 is 17.9 Å². The van der Waals surface area contributed by atoms with Gasteiger partial charge in [0.2, 0.25) is 0 Å². The molecule has 0 aliphatic heterocycles. The molecule has 0 spiro atoms. The molecule has 0 heterocycles. The van der Waals surface area contributed by atoms with Crippen molar-refractivity contribution in [1.29, 1.82) is 0 Å². The zero-order valence-electron chi connectivity index (χ0n) is 11.9. The summed E-state index contributed by atoms with van der Waals surface area (Å²) in [6.07, 6.45) is 2.58. The number of benzene rings is 1. The van der Waals surface area contributed by atoms with Gasteiger partial charge in [0.25, 0.3) is 5.91 Å². The van der Waals surface area contributed by atoms with Gasteiger partial charge in [0.1, 0.15) is 17.5 Å². The summed E-state index contributed by atoms with van der Waals surface area (Å²) in [5, 5.41) is 11.6. The largest absolute Gasteiger partial charge is 0.497 e. The molecule has 1 amide bonds. The number of ether oxygens (including phenoxy) is 2. The average molecular weight is 293 g/mol. The first-order chi connectivity index (χ1) is 10.1. The van der Waals surface area contributed by atoms with Crippen LogP contribution in [0.1, 0.15) is 19.3 Å². The number of carboxylic acids is 1. The van der Waals surface area contributed by atoms with Gasteiger partial charge < -0.3 is 19.9 Å². The highest BCUT2D eigenvalue weighted by Crippen LogP contribution is 2.33. The molecule has 1 aliphatic carbocycles. The van der Waals surface area contributed by atoms with E-state index in [9.17, 15) is 9.59 Å². The maximum absolute atomic E-state index is 11.7. The fourth-order valence-electron chi connectivity index (χ4n) is 1.97. The van der Waals surface area contributed by atoms with Gasteiger partial charge in [0, 0.05) is 0 Å². The number of carbonyl (C=O) groups is 2. The molecule has 1 aromatic carbocycles. The first-order valence-electron chi connectivity index (χ1n) is 6.87. The van der Waals surface area contributed by atoms with E-state index in [1.165, 1.54) is 0 Å². The van der Waals surface area contributed by atoms with Crippen LogP contribution in [0, 0.1) is 5.92 Å². The van der Waals surface area contributed by atoms with Gasteiger partial charge >= 0.3 is 5.97 Å². The van der Waals surface area contributed by atoms with Crippen LogP contribution in [-0.2, 0) is 9.59 Å². The molecular weight excluding hydrogens is 274 g/mol. The first-order valence-corrected chi connectivity index (χ1v) is 6.87. The number of carbonyl (C=O) groups excluding carboxylic acids is 1. The lowest BCUT2D eigenvalue weighted by atomic mass is 10.1. The monoisotopic (exact) mass is 293 g/mol. The summed E-state index contributed by atoms with van der Waals surface area (Å²) >= 11 is 0. The van der Waals surface area contributed by atoms with Crippen molar-refractivity contribution in [1.82, 2.24) is 5.32 Å². The van der Waals surface area contributed by atoms with E-state index >= 15 is 0 Å². The van der Waals surface area contributed by atoms with Crippen LogP contribution in [0.15, 0.2) is 24.3 Å². The minimum absolute atomic E-state index is 0.208. The van der Waals surface area contributed by atoms with Gasteiger partial charge in [0.05, 0.1) is 7.11 Å². The highest BCUT2D eigenvalue weighted by molar-refractivity contribution is 5.84. The van der Waals surface area contributed by atoms with Gasteiger partial charge in [-0.2, -0.15) is 0 Å². The second-order valence-corrected chi connectivity index (χ2v) is 5.10. The molecular formula is C15H19NO5. The minimum Gasteiger partial charge on any atom is -0.497 e. The van der Waals surface area contributed by atoms with Crippen molar-refractivity contribution in [3.05, 3.63) is 24.3 Å². The molecule has 1 aliphatic rings. The highest BCUT2D eigenvalue weighted by atomic mass is 16.5. The molecule has 1 atom stereocenters. The van der Waals surface area contributed by atoms with Crippen LogP contribution in [0.25, 0.3) is 0 Å². The van der Waals surface area contributed by atoms with E-state index in [2.05, 4.69) is 5.32 Å². The summed E-state index contributed by atoms with van der Waals surface area (Å²) < 4.78 is 10.3. The molecule has 114 valence electrons. The van der Waals surface area contributed by atoms with Crippen molar-refractivity contribution in [3.8, 4) is 11.5 Å². The predicted molar refractivity (Wildman–Crippen MR) is 75.4 cm³/mol. The maximum atomic E-state index is 11.7. The molecule has 1 fully saturated rings. The molecule has 2 N–H and O–H groups in total. The summed E-state index contributed by atoms with van der Waals surface area (Å²) in [7, 11) is 1.56. The zero-order valence-corrected chi connectivity index (χ0v) is 11.9. The van der Waals surface area contributed by atoms with Crippen LogP contribution in [0.3, 0.4) is 0 Å². The van der Waals surface area contributed by atoms with Crippen molar-refractivity contribution in [3.63, 3.8) is 0 Å². The molecule has 0 radical (unpaired) electrons. The van der Waals surface area contributed by atoms with Crippen molar-refractivity contribution in [2.75, 3.05) is 13.7 Å². The van der Waals surface area contributed by atoms with E-state index in [-0.39, 0.29) is 6.61 Å². The van der Waals surface area contributed by atoms with Crippen molar-refractivity contribution in [2.24, 2.45) is 5.92 Å². The van der Waals surface area contributed by atoms with Gasteiger partial charge in [0.15, 0.2) is 6.61 Å². The Labute approximate surface area is 123 Å². The Morgan fingerprint density at radius 1 is 1.29 bits per heavy atom. The van der Waals surface area contributed by atoms with Gasteiger partial charge in [-0.3, -0.25) is 4.79 Å². The number of hydrogen-bond donors (Lipinski definition) is 2. The summed E-state index contributed by atoms with van der Waals surface area (Å²) in [5.41, 5.74) is 0. The number of carboxylic acid groups (broad SMARTS) is 1. The summed E-state index contributed by atoms with van der Waals surface area (Å²) in [6, 6.07) is 5.99. The van der Waals surface area contributed by atoms with E-state index in [4.69, 9.17) is 14.6 Å². The molecule has 1 aromatic rings. The quantitative estimate of drug-likeness (QED) is 0.757. The van der Waals surface area contributed by atoms with E-state index in [1.807, 2.05) is 0 Å². The number of hydrogen-bond acceptors (Lipinski definition) is 4. The Balaban J connectivity index is 1.78. The Hall–Kier alpha value is -2.24. The fourth-order valence-corrected chi connectivity index (χ4v) is 1.97. The highest BCUT2D eigenvalue weighted by Gasteiger charge is 2.30.